The molecule has 2 nitrogen and oxygen atoms in total. The van der Waals surface area contributed by atoms with Gasteiger partial charge in [-0.1, -0.05) is 0 Å². The Balaban J connectivity index is 2.36. The summed E-state index contributed by atoms with van der Waals surface area (Å²) in [5, 5.41) is 0. The van der Waals surface area contributed by atoms with Crippen LogP contribution in [0.25, 0.3) is 11.0 Å². The van der Waals surface area contributed by atoms with Crippen LogP contribution in [-0.2, 0) is 13.0 Å². The standard InChI is InChI=1S/C12H10ClF5N2S/c13-2-1-10-19-11-8(15)5-7(14)6-9(11)20(10)3-4-21-12(16,17)18/h5-6H,1-4H2. The van der Waals surface area contributed by atoms with Crippen LogP contribution in [0.2, 0.25) is 0 Å². The summed E-state index contributed by atoms with van der Waals surface area (Å²) in [6, 6.07) is 1.75. The third-order valence-corrected chi connectivity index (χ3v) is 3.65. The first kappa shape index (κ1) is 16.4. The largest absolute Gasteiger partial charge is 0.441 e. The van der Waals surface area contributed by atoms with E-state index in [1.54, 1.807) is 0 Å². The highest BCUT2D eigenvalue weighted by molar-refractivity contribution is 8.00. The van der Waals surface area contributed by atoms with Crippen molar-refractivity contribution in [3.63, 3.8) is 0 Å². The molecule has 21 heavy (non-hydrogen) atoms. The number of hydrogen-bond acceptors (Lipinski definition) is 2. The highest BCUT2D eigenvalue weighted by Crippen LogP contribution is 2.31. The van der Waals surface area contributed by atoms with Gasteiger partial charge in [-0.15, -0.1) is 11.6 Å². The molecule has 1 aromatic heterocycles. The number of rotatable bonds is 5. The van der Waals surface area contributed by atoms with Crippen molar-refractivity contribution < 1.29 is 22.0 Å². The maximum absolute atomic E-state index is 13.7. The fraction of sp³-hybridized carbons (Fsp3) is 0.417. The van der Waals surface area contributed by atoms with Crippen molar-refractivity contribution in [2.45, 2.75) is 18.5 Å². The molecule has 2 rings (SSSR count). The van der Waals surface area contributed by atoms with E-state index in [0.717, 1.165) is 6.07 Å². The number of halogens is 6. The fourth-order valence-electron chi connectivity index (χ4n) is 1.97. The number of nitrogens with zero attached hydrogens (tertiary/aromatic N) is 2. The molecule has 0 amide bonds. The highest BCUT2D eigenvalue weighted by Gasteiger charge is 2.28. The van der Waals surface area contributed by atoms with E-state index in [9.17, 15) is 22.0 Å². The Morgan fingerprint density at radius 2 is 1.95 bits per heavy atom. The Morgan fingerprint density at radius 3 is 2.57 bits per heavy atom. The second kappa shape index (κ2) is 6.39. The maximum atomic E-state index is 13.7. The van der Waals surface area contributed by atoms with Crippen LogP contribution >= 0.6 is 23.4 Å². The molecule has 0 aliphatic carbocycles. The number of fused-ring (bicyclic) bond motifs is 1. The molecule has 9 heteroatoms. The Morgan fingerprint density at radius 1 is 1.24 bits per heavy atom. The van der Waals surface area contributed by atoms with E-state index in [0.29, 0.717) is 11.9 Å². The third kappa shape index (κ3) is 4.00. The number of benzene rings is 1. The van der Waals surface area contributed by atoms with Crippen molar-refractivity contribution in [2.75, 3.05) is 11.6 Å². The molecule has 0 N–H and O–H groups in total. The lowest BCUT2D eigenvalue weighted by Crippen LogP contribution is -2.10. The Bertz CT molecular complexity index is 641. The monoisotopic (exact) mass is 344 g/mol. The summed E-state index contributed by atoms with van der Waals surface area (Å²) in [7, 11) is 0. The smallest absolute Gasteiger partial charge is 0.327 e. The third-order valence-electron chi connectivity index (χ3n) is 2.75. The summed E-state index contributed by atoms with van der Waals surface area (Å²) in [5.74, 6) is -1.40. The first-order valence-electron chi connectivity index (χ1n) is 5.92. The van der Waals surface area contributed by atoms with Crippen molar-refractivity contribution in [2.24, 2.45) is 0 Å². The number of alkyl halides is 4. The fourth-order valence-corrected chi connectivity index (χ4v) is 2.65. The van der Waals surface area contributed by atoms with E-state index in [-0.39, 0.29) is 47.4 Å². The Labute approximate surface area is 126 Å². The van der Waals surface area contributed by atoms with E-state index in [1.807, 2.05) is 0 Å². The maximum Gasteiger partial charge on any atom is 0.441 e. The van der Waals surface area contributed by atoms with Crippen LogP contribution in [0.4, 0.5) is 22.0 Å². The van der Waals surface area contributed by atoms with Gasteiger partial charge in [-0.2, -0.15) is 13.2 Å². The molecule has 0 aliphatic rings. The topological polar surface area (TPSA) is 17.8 Å². The van der Waals surface area contributed by atoms with E-state index < -0.39 is 17.1 Å². The summed E-state index contributed by atoms with van der Waals surface area (Å²) >= 11 is 5.41. The molecule has 2 aromatic rings. The molecule has 0 fully saturated rings. The molecular formula is C12H10ClF5N2S. The van der Waals surface area contributed by atoms with Crippen LogP contribution in [0.15, 0.2) is 12.1 Å². The molecule has 116 valence electrons. The van der Waals surface area contributed by atoms with Crippen molar-refractivity contribution >= 4 is 34.4 Å². The van der Waals surface area contributed by atoms with Crippen molar-refractivity contribution in [1.29, 1.82) is 0 Å². The molecule has 1 heterocycles. The van der Waals surface area contributed by atoms with E-state index in [4.69, 9.17) is 11.6 Å². The predicted molar refractivity (Wildman–Crippen MR) is 72.6 cm³/mol. The van der Waals surface area contributed by atoms with Crippen LogP contribution < -0.4 is 0 Å². The second-order valence-electron chi connectivity index (χ2n) is 4.17. The molecule has 0 aliphatic heterocycles. The Kier molecular flexibility index (Phi) is 4.98. The quantitative estimate of drug-likeness (QED) is 0.593. The average molecular weight is 345 g/mol. The molecule has 0 spiro atoms. The van der Waals surface area contributed by atoms with Gasteiger partial charge in [0.05, 0.1) is 5.52 Å². The first-order chi connectivity index (χ1) is 9.81. The minimum Gasteiger partial charge on any atom is -0.327 e. The molecule has 1 aromatic carbocycles. The van der Waals surface area contributed by atoms with Crippen LogP contribution in [0.3, 0.4) is 0 Å². The van der Waals surface area contributed by atoms with Crippen LogP contribution in [0, 0.1) is 11.6 Å². The van der Waals surface area contributed by atoms with Crippen LogP contribution in [0.1, 0.15) is 5.82 Å². The first-order valence-corrected chi connectivity index (χ1v) is 7.44. The lowest BCUT2D eigenvalue weighted by molar-refractivity contribution is -0.0328. The molecule has 0 bridgehead atoms. The SMILES string of the molecule is Fc1cc(F)c2nc(CCCl)n(CCSC(F)(F)F)c2c1. The number of aromatic nitrogens is 2. The van der Waals surface area contributed by atoms with Crippen molar-refractivity contribution in [3.8, 4) is 0 Å². The van der Waals surface area contributed by atoms with Gasteiger partial charge in [-0.25, -0.2) is 13.8 Å². The van der Waals surface area contributed by atoms with Crippen LogP contribution in [-0.4, -0.2) is 26.7 Å². The number of thioether (sulfide) groups is 1. The average Bonchev–Trinajstić information content (AvgIpc) is 2.67. The summed E-state index contributed by atoms with van der Waals surface area (Å²) in [6.07, 6.45) is 0.258. The molecule has 0 unspecified atom stereocenters. The minimum atomic E-state index is -4.35. The van der Waals surface area contributed by atoms with Gasteiger partial charge >= 0.3 is 5.51 Å². The zero-order valence-electron chi connectivity index (χ0n) is 10.6. The number of hydrogen-bond donors (Lipinski definition) is 0. The molecular weight excluding hydrogens is 335 g/mol. The summed E-state index contributed by atoms with van der Waals surface area (Å²) in [6.45, 7) is -0.0597. The van der Waals surface area contributed by atoms with Gasteiger partial charge in [0, 0.05) is 30.7 Å². The molecule has 0 saturated carbocycles. The summed E-state index contributed by atoms with van der Waals surface area (Å²) in [5.41, 5.74) is -4.27. The van der Waals surface area contributed by atoms with Gasteiger partial charge in [-0.05, 0) is 17.8 Å². The van der Waals surface area contributed by atoms with Gasteiger partial charge in [0.1, 0.15) is 17.2 Å². The van der Waals surface area contributed by atoms with E-state index in [1.165, 1.54) is 4.57 Å². The molecule has 0 saturated heterocycles. The number of imidazole rings is 1. The van der Waals surface area contributed by atoms with Gasteiger partial charge in [0.25, 0.3) is 0 Å². The lowest BCUT2D eigenvalue weighted by Gasteiger charge is -2.10. The highest BCUT2D eigenvalue weighted by atomic mass is 35.5. The van der Waals surface area contributed by atoms with Gasteiger partial charge < -0.3 is 4.57 Å². The van der Waals surface area contributed by atoms with Gasteiger partial charge in [-0.3, -0.25) is 0 Å². The predicted octanol–water partition coefficient (Wildman–Crippen LogP) is 4.35. The van der Waals surface area contributed by atoms with Crippen LogP contribution in [0.5, 0.6) is 0 Å². The molecule has 0 atom stereocenters. The second-order valence-corrected chi connectivity index (χ2v) is 5.71. The van der Waals surface area contributed by atoms with E-state index in [2.05, 4.69) is 4.98 Å². The number of aryl methyl sites for hydroxylation is 2. The van der Waals surface area contributed by atoms with Crippen molar-refractivity contribution in [3.05, 3.63) is 29.6 Å². The normalized spacial score (nSPS) is 12.3. The Hall–Kier alpha value is -1.02. The van der Waals surface area contributed by atoms with Gasteiger partial charge in [0.15, 0.2) is 5.82 Å². The zero-order chi connectivity index (χ0) is 15.6. The zero-order valence-corrected chi connectivity index (χ0v) is 12.1. The van der Waals surface area contributed by atoms with E-state index >= 15 is 0 Å². The lowest BCUT2D eigenvalue weighted by atomic mass is 10.3. The van der Waals surface area contributed by atoms with Crippen molar-refractivity contribution in [1.82, 2.24) is 9.55 Å². The summed E-state index contributed by atoms with van der Waals surface area (Å²) < 4.78 is 64.8. The summed E-state index contributed by atoms with van der Waals surface area (Å²) in [4.78, 5) is 4.00. The molecule has 0 radical (unpaired) electrons. The van der Waals surface area contributed by atoms with Gasteiger partial charge in [0.2, 0.25) is 0 Å². The minimum absolute atomic E-state index is 0.0597.